The van der Waals surface area contributed by atoms with E-state index in [-0.39, 0.29) is 0 Å². The lowest BCUT2D eigenvalue weighted by Gasteiger charge is -2.21. The lowest BCUT2D eigenvalue weighted by molar-refractivity contribution is 0.312. The van der Waals surface area contributed by atoms with E-state index in [2.05, 4.69) is 42.3 Å². The predicted molar refractivity (Wildman–Crippen MR) is 86.9 cm³/mol. The summed E-state index contributed by atoms with van der Waals surface area (Å²) >= 11 is 0. The maximum atomic E-state index is 5.97. The molecule has 0 bridgehead atoms. The average molecular weight is 288 g/mol. The van der Waals surface area contributed by atoms with Crippen LogP contribution in [-0.2, 0) is 0 Å². The molecular weight excluding hydrogens is 260 g/mol. The second-order valence-corrected chi connectivity index (χ2v) is 6.49. The van der Waals surface area contributed by atoms with Crippen molar-refractivity contribution in [2.45, 2.75) is 39.2 Å². The van der Waals surface area contributed by atoms with E-state index in [1.54, 1.807) is 0 Å². The Morgan fingerprint density at radius 2 is 2.24 bits per heavy atom. The number of aryl methyl sites for hydroxylation is 1. The van der Waals surface area contributed by atoms with Crippen LogP contribution in [0.2, 0.25) is 0 Å². The molecule has 3 nitrogen and oxygen atoms in total. The fraction of sp³-hybridized carbons (Fsp3) is 0.667. The van der Waals surface area contributed by atoms with Crippen LogP contribution in [-0.4, -0.2) is 37.7 Å². The predicted octanol–water partition coefficient (Wildman–Crippen LogP) is 3.14. The van der Waals surface area contributed by atoms with Gasteiger partial charge in [-0.3, -0.25) is 0 Å². The minimum absolute atomic E-state index is 0.457. The second-order valence-electron chi connectivity index (χ2n) is 6.49. The average Bonchev–Trinajstić information content (AvgIpc) is 2.86. The minimum atomic E-state index is 0.457. The number of likely N-dealkylation sites (tertiary alicyclic amines) is 1. The van der Waals surface area contributed by atoms with Crippen LogP contribution in [0.3, 0.4) is 0 Å². The summed E-state index contributed by atoms with van der Waals surface area (Å²) in [4.78, 5) is 2.56. The van der Waals surface area contributed by atoms with Gasteiger partial charge in [-0.05, 0) is 57.3 Å². The highest BCUT2D eigenvalue weighted by molar-refractivity contribution is 5.43. The lowest BCUT2D eigenvalue weighted by atomic mass is 9.99. The Bertz CT molecular complexity index is 474. The van der Waals surface area contributed by atoms with E-state index in [1.165, 1.54) is 43.6 Å². The fourth-order valence-corrected chi connectivity index (χ4v) is 3.65. The van der Waals surface area contributed by atoms with Crippen LogP contribution in [0.5, 0.6) is 5.75 Å². The smallest absolute Gasteiger partial charge is 0.126 e. The summed E-state index contributed by atoms with van der Waals surface area (Å²) in [6, 6.07) is 7.00. The van der Waals surface area contributed by atoms with E-state index < -0.39 is 0 Å². The number of benzene rings is 1. The minimum Gasteiger partial charge on any atom is -0.493 e. The van der Waals surface area contributed by atoms with Crippen molar-refractivity contribution in [2.24, 2.45) is 5.92 Å². The molecular formula is C18H28N2O. The van der Waals surface area contributed by atoms with Crippen molar-refractivity contribution in [1.29, 1.82) is 0 Å². The molecule has 0 spiro atoms. The fourth-order valence-electron chi connectivity index (χ4n) is 3.65. The van der Waals surface area contributed by atoms with Crippen LogP contribution in [0.1, 0.15) is 43.4 Å². The topological polar surface area (TPSA) is 24.5 Å². The normalized spacial score (nSPS) is 26.2. The van der Waals surface area contributed by atoms with Crippen LogP contribution >= 0.6 is 0 Å². The first-order valence-corrected chi connectivity index (χ1v) is 8.46. The van der Waals surface area contributed by atoms with E-state index in [0.717, 1.165) is 31.2 Å². The molecule has 1 aromatic rings. The summed E-state index contributed by atoms with van der Waals surface area (Å²) in [5.41, 5.74) is 2.62. The molecule has 0 aliphatic carbocycles. The number of nitrogens with zero attached hydrogens (tertiary/aromatic N) is 1. The molecule has 2 heterocycles. The highest BCUT2D eigenvalue weighted by Gasteiger charge is 2.24. The summed E-state index contributed by atoms with van der Waals surface area (Å²) in [6.45, 7) is 10.1. The molecule has 1 N–H and O–H groups in total. The van der Waals surface area contributed by atoms with Crippen LogP contribution in [0.15, 0.2) is 18.2 Å². The highest BCUT2D eigenvalue weighted by Crippen LogP contribution is 2.34. The first-order valence-electron chi connectivity index (χ1n) is 8.46. The molecule has 2 unspecified atom stereocenters. The Labute approximate surface area is 128 Å². The number of nitrogens with one attached hydrogen (secondary N) is 1. The van der Waals surface area contributed by atoms with Crippen LogP contribution in [0, 0.1) is 12.8 Å². The Balaban J connectivity index is 1.65. The van der Waals surface area contributed by atoms with Gasteiger partial charge < -0.3 is 15.0 Å². The van der Waals surface area contributed by atoms with Gasteiger partial charge in [0, 0.05) is 18.2 Å². The van der Waals surface area contributed by atoms with Gasteiger partial charge in [-0.1, -0.05) is 25.1 Å². The number of para-hydroxylation sites is 1. The molecule has 3 rings (SSSR count). The van der Waals surface area contributed by atoms with Crippen LogP contribution < -0.4 is 10.1 Å². The lowest BCUT2D eigenvalue weighted by Crippen LogP contribution is -2.29. The first-order chi connectivity index (χ1) is 10.3. The summed E-state index contributed by atoms with van der Waals surface area (Å²) in [7, 11) is 0. The molecule has 0 saturated carbocycles. The summed E-state index contributed by atoms with van der Waals surface area (Å²) < 4.78 is 5.97. The number of ether oxygens (including phenoxy) is 1. The van der Waals surface area contributed by atoms with Gasteiger partial charge in [0.1, 0.15) is 5.75 Å². The third-order valence-corrected chi connectivity index (χ3v) is 4.97. The van der Waals surface area contributed by atoms with Crippen molar-refractivity contribution in [3.63, 3.8) is 0 Å². The second kappa shape index (κ2) is 6.80. The Hall–Kier alpha value is -1.06. The van der Waals surface area contributed by atoms with E-state index in [1.807, 2.05) is 0 Å². The largest absolute Gasteiger partial charge is 0.493 e. The Morgan fingerprint density at radius 3 is 3.05 bits per heavy atom. The zero-order chi connectivity index (χ0) is 14.7. The third kappa shape index (κ3) is 3.41. The van der Waals surface area contributed by atoms with Crippen molar-refractivity contribution >= 4 is 0 Å². The maximum Gasteiger partial charge on any atom is 0.126 e. The molecule has 1 aromatic carbocycles. The van der Waals surface area contributed by atoms with Crippen LogP contribution in [0.4, 0.5) is 0 Å². The van der Waals surface area contributed by atoms with Gasteiger partial charge >= 0.3 is 0 Å². The van der Waals surface area contributed by atoms with Gasteiger partial charge in [0.25, 0.3) is 0 Å². The number of hydrogen-bond acceptors (Lipinski definition) is 3. The molecule has 2 atom stereocenters. The molecule has 21 heavy (non-hydrogen) atoms. The third-order valence-electron chi connectivity index (χ3n) is 4.97. The van der Waals surface area contributed by atoms with Gasteiger partial charge in [0.15, 0.2) is 0 Å². The zero-order valence-corrected chi connectivity index (χ0v) is 13.4. The van der Waals surface area contributed by atoms with Crippen molar-refractivity contribution < 1.29 is 4.74 Å². The number of rotatable bonds is 4. The van der Waals surface area contributed by atoms with Gasteiger partial charge in [-0.25, -0.2) is 0 Å². The van der Waals surface area contributed by atoms with E-state index in [9.17, 15) is 0 Å². The van der Waals surface area contributed by atoms with E-state index in [0.29, 0.717) is 6.04 Å². The number of fused-ring (bicyclic) bond motifs is 1. The maximum absolute atomic E-state index is 5.97. The van der Waals surface area contributed by atoms with E-state index in [4.69, 9.17) is 4.74 Å². The van der Waals surface area contributed by atoms with Gasteiger partial charge in [0.2, 0.25) is 0 Å². The molecule has 0 aromatic heterocycles. The molecule has 2 aliphatic rings. The Morgan fingerprint density at radius 1 is 1.33 bits per heavy atom. The Kier molecular flexibility index (Phi) is 4.81. The molecule has 3 heteroatoms. The van der Waals surface area contributed by atoms with Gasteiger partial charge in [0.05, 0.1) is 6.61 Å². The molecule has 0 amide bonds. The highest BCUT2D eigenvalue weighted by atomic mass is 16.5. The van der Waals surface area contributed by atoms with Crippen molar-refractivity contribution in [1.82, 2.24) is 10.2 Å². The molecule has 116 valence electrons. The summed E-state index contributed by atoms with van der Waals surface area (Å²) in [5, 5.41) is 3.82. The van der Waals surface area contributed by atoms with Crippen molar-refractivity contribution in [2.75, 3.05) is 32.8 Å². The molecule has 1 saturated heterocycles. The summed E-state index contributed by atoms with van der Waals surface area (Å²) in [5.74, 6) is 1.93. The standard InChI is InChI=1S/C18H28N2O/c1-3-20-10-9-15(13-20)12-19-17-8-5-11-21-18-14(2)6-4-7-16(17)18/h4,6-7,15,17,19H,3,5,8-13H2,1-2H3. The molecule has 1 fully saturated rings. The van der Waals surface area contributed by atoms with Crippen molar-refractivity contribution in [3.8, 4) is 5.75 Å². The summed E-state index contributed by atoms with van der Waals surface area (Å²) in [6.07, 6.45) is 3.66. The quantitative estimate of drug-likeness (QED) is 0.921. The van der Waals surface area contributed by atoms with Crippen LogP contribution in [0.25, 0.3) is 0 Å². The van der Waals surface area contributed by atoms with E-state index >= 15 is 0 Å². The first kappa shape index (κ1) is 14.9. The SMILES string of the molecule is CCN1CCC(CNC2CCCOc3c(C)cccc32)C1. The number of hydrogen-bond donors (Lipinski definition) is 1. The molecule has 2 aliphatic heterocycles. The van der Waals surface area contributed by atoms with Gasteiger partial charge in [-0.15, -0.1) is 0 Å². The van der Waals surface area contributed by atoms with Crippen molar-refractivity contribution in [3.05, 3.63) is 29.3 Å². The van der Waals surface area contributed by atoms with Gasteiger partial charge in [-0.2, -0.15) is 0 Å². The molecule has 0 radical (unpaired) electrons. The zero-order valence-electron chi connectivity index (χ0n) is 13.4. The monoisotopic (exact) mass is 288 g/mol.